The van der Waals surface area contributed by atoms with Gasteiger partial charge in [-0.05, 0) is 57.9 Å². The predicted molar refractivity (Wildman–Crippen MR) is 164 cm³/mol. The maximum absolute atomic E-state index is 15.5. The van der Waals surface area contributed by atoms with E-state index >= 15 is 4.39 Å². The molecule has 1 aromatic heterocycles. The van der Waals surface area contributed by atoms with Crippen molar-refractivity contribution in [1.82, 2.24) is 19.4 Å². The Balaban J connectivity index is 1.40. The zero-order valence-corrected chi connectivity index (χ0v) is 25.6. The van der Waals surface area contributed by atoms with Gasteiger partial charge in [-0.2, -0.15) is 4.98 Å². The van der Waals surface area contributed by atoms with Gasteiger partial charge in [-0.15, -0.1) is 0 Å². The van der Waals surface area contributed by atoms with Gasteiger partial charge in [0, 0.05) is 71.7 Å². The summed E-state index contributed by atoms with van der Waals surface area (Å²) in [5.74, 6) is -1.34. The van der Waals surface area contributed by atoms with Gasteiger partial charge in [0.15, 0.2) is 17.4 Å². The molecule has 5 aliphatic rings. The van der Waals surface area contributed by atoms with Crippen LogP contribution >= 0.6 is 11.6 Å². The van der Waals surface area contributed by atoms with Gasteiger partial charge in [-0.1, -0.05) is 24.2 Å². The van der Waals surface area contributed by atoms with Crippen molar-refractivity contribution in [3.05, 3.63) is 63.6 Å². The predicted octanol–water partition coefficient (Wildman–Crippen LogP) is 5.16. The summed E-state index contributed by atoms with van der Waals surface area (Å²) in [4.78, 5) is 37.8. The Hall–Kier alpha value is -3.50. The van der Waals surface area contributed by atoms with E-state index in [0.717, 1.165) is 44.8 Å². The number of hydrogen-bond donors (Lipinski definition) is 0. The maximum Gasteiger partial charge on any atom is 0.350 e. The van der Waals surface area contributed by atoms with Gasteiger partial charge >= 0.3 is 5.69 Å². The second-order valence-corrected chi connectivity index (χ2v) is 14.0. The molecule has 44 heavy (non-hydrogen) atoms. The van der Waals surface area contributed by atoms with Crippen LogP contribution in [0.3, 0.4) is 0 Å². The SMILES string of the molecule is C=CC(=O)N1CCN(c2nc(=O)n(C3C4(CC4)CN(C)CC34CC4)c3c4c(c(Cl)cc23)-c2c(ccc(F)c2F)CO4)[C@@H](C)C1. The largest absolute Gasteiger partial charge is 0.486 e. The average Bonchev–Trinajstić information content (AvgIpc) is 3.93. The first-order chi connectivity index (χ1) is 21.1. The highest BCUT2D eigenvalue weighted by Gasteiger charge is 2.66. The number of carbonyl (C=O) groups excluding carboxylic acids is 1. The van der Waals surface area contributed by atoms with Crippen LogP contribution in [0.15, 0.2) is 35.6 Å². The van der Waals surface area contributed by atoms with E-state index in [0.29, 0.717) is 47.7 Å². The van der Waals surface area contributed by atoms with Crippen molar-refractivity contribution in [2.75, 3.05) is 44.7 Å². The molecule has 2 aliphatic carbocycles. The first-order valence-electron chi connectivity index (χ1n) is 15.3. The van der Waals surface area contributed by atoms with Crippen molar-refractivity contribution < 1.29 is 18.3 Å². The lowest BCUT2D eigenvalue weighted by atomic mass is 9.78. The van der Waals surface area contributed by atoms with E-state index in [1.54, 1.807) is 11.0 Å². The quantitative estimate of drug-likeness (QED) is 0.377. The van der Waals surface area contributed by atoms with Crippen molar-refractivity contribution in [2.45, 2.75) is 51.3 Å². The van der Waals surface area contributed by atoms with Gasteiger partial charge in [-0.25, -0.2) is 13.6 Å². The number of anilines is 1. The van der Waals surface area contributed by atoms with Gasteiger partial charge < -0.3 is 19.4 Å². The summed E-state index contributed by atoms with van der Waals surface area (Å²) in [6, 6.07) is 4.09. The third-order valence-electron chi connectivity index (χ3n) is 10.7. The highest BCUT2D eigenvalue weighted by atomic mass is 35.5. The van der Waals surface area contributed by atoms with E-state index in [1.165, 1.54) is 12.1 Å². The molecule has 4 fully saturated rings. The number of carbonyl (C=O) groups is 1. The van der Waals surface area contributed by atoms with Crippen LogP contribution in [0, 0.1) is 22.5 Å². The van der Waals surface area contributed by atoms with Crippen LogP contribution in [-0.4, -0.2) is 71.1 Å². The second kappa shape index (κ2) is 9.50. The molecule has 2 saturated carbocycles. The molecule has 8 rings (SSSR count). The number of aromatic nitrogens is 2. The molecule has 11 heteroatoms. The minimum absolute atomic E-state index is 0.0171. The molecule has 2 spiro atoms. The highest BCUT2D eigenvalue weighted by Crippen LogP contribution is 2.70. The zero-order chi connectivity index (χ0) is 30.7. The monoisotopic (exact) mass is 621 g/mol. The van der Waals surface area contributed by atoms with Crippen LogP contribution in [-0.2, 0) is 11.4 Å². The van der Waals surface area contributed by atoms with E-state index in [2.05, 4.69) is 18.5 Å². The van der Waals surface area contributed by atoms with Crippen LogP contribution in [0.4, 0.5) is 14.6 Å². The summed E-state index contributed by atoms with van der Waals surface area (Å²) in [6.07, 6.45) is 5.34. The number of benzene rings is 2. The number of rotatable bonds is 3. The fourth-order valence-electron chi connectivity index (χ4n) is 8.58. The molecule has 0 radical (unpaired) electrons. The summed E-state index contributed by atoms with van der Waals surface area (Å²) in [6.45, 7) is 8.71. The van der Waals surface area contributed by atoms with Crippen LogP contribution in [0.1, 0.15) is 44.2 Å². The lowest BCUT2D eigenvalue weighted by Crippen LogP contribution is -2.54. The second-order valence-electron chi connectivity index (χ2n) is 13.6. The number of ether oxygens (including phenoxy) is 1. The number of nitrogens with zero attached hydrogens (tertiary/aromatic N) is 5. The zero-order valence-electron chi connectivity index (χ0n) is 24.8. The molecular weight excluding hydrogens is 588 g/mol. The van der Waals surface area contributed by atoms with Gasteiger partial charge in [0.2, 0.25) is 5.91 Å². The molecule has 4 heterocycles. The van der Waals surface area contributed by atoms with E-state index in [4.69, 9.17) is 21.3 Å². The number of fused-ring (bicyclic) bond motifs is 5. The maximum atomic E-state index is 15.5. The summed E-state index contributed by atoms with van der Waals surface area (Å²) in [5.41, 5.74) is 0.862. The summed E-state index contributed by atoms with van der Waals surface area (Å²) in [5, 5.41) is 0.833. The number of likely N-dealkylation sites (tertiary alicyclic amines) is 1. The minimum atomic E-state index is -0.982. The summed E-state index contributed by atoms with van der Waals surface area (Å²) < 4.78 is 38.4. The van der Waals surface area contributed by atoms with Gasteiger partial charge in [-0.3, -0.25) is 9.36 Å². The smallest absolute Gasteiger partial charge is 0.350 e. The van der Waals surface area contributed by atoms with Crippen LogP contribution in [0.5, 0.6) is 5.75 Å². The van der Waals surface area contributed by atoms with Crippen LogP contribution in [0.2, 0.25) is 5.02 Å². The molecule has 0 unspecified atom stereocenters. The average molecular weight is 622 g/mol. The standard InChI is InChI=1S/C33H34ClF2N5O3/c1-4-23(42)39-11-12-40(18(2)14-39)29-20-13-21(34)25-24-19(5-6-22(35)26(24)36)15-44-28(25)27(20)41(31(43)37-29)30-32(7-8-32)16-38(3)17-33(30)9-10-33/h4-6,13,18,30H,1,7-12,14-17H2,2-3H3/t18-/m0/s1. The Kier molecular flexibility index (Phi) is 6.05. The van der Waals surface area contributed by atoms with Crippen molar-refractivity contribution in [3.8, 4) is 16.9 Å². The van der Waals surface area contributed by atoms with Crippen LogP contribution in [0.25, 0.3) is 22.0 Å². The molecule has 1 amide bonds. The Bertz CT molecular complexity index is 1810. The van der Waals surface area contributed by atoms with Gasteiger partial charge in [0.25, 0.3) is 0 Å². The molecule has 2 aromatic carbocycles. The Morgan fingerprint density at radius 2 is 1.84 bits per heavy atom. The van der Waals surface area contributed by atoms with E-state index < -0.39 is 11.6 Å². The molecule has 2 saturated heterocycles. The first kappa shape index (κ1) is 28.0. The number of piperidine rings is 1. The molecule has 3 aromatic rings. The highest BCUT2D eigenvalue weighted by molar-refractivity contribution is 6.35. The molecular formula is C33H34ClF2N5O3. The number of hydrogen-bond acceptors (Lipinski definition) is 6. The van der Waals surface area contributed by atoms with E-state index in [-0.39, 0.29) is 57.3 Å². The minimum Gasteiger partial charge on any atom is -0.486 e. The van der Waals surface area contributed by atoms with E-state index in [9.17, 15) is 14.0 Å². The Labute approximate surface area is 258 Å². The van der Waals surface area contributed by atoms with Crippen molar-refractivity contribution >= 4 is 34.2 Å². The van der Waals surface area contributed by atoms with Crippen molar-refractivity contribution in [1.29, 1.82) is 0 Å². The molecule has 8 nitrogen and oxygen atoms in total. The van der Waals surface area contributed by atoms with Crippen molar-refractivity contribution in [3.63, 3.8) is 0 Å². The molecule has 0 bridgehead atoms. The normalized spacial score (nSPS) is 23.4. The fourth-order valence-corrected chi connectivity index (χ4v) is 8.87. The molecule has 1 atom stereocenters. The topological polar surface area (TPSA) is 70.9 Å². The number of amides is 1. The molecule has 230 valence electrons. The molecule has 0 N–H and O–H groups in total. The lowest BCUT2D eigenvalue weighted by Gasteiger charge is -2.46. The van der Waals surface area contributed by atoms with Crippen molar-refractivity contribution in [2.24, 2.45) is 10.8 Å². The van der Waals surface area contributed by atoms with E-state index in [1.807, 2.05) is 16.4 Å². The third kappa shape index (κ3) is 3.92. The number of piperazine rings is 1. The van der Waals surface area contributed by atoms with Gasteiger partial charge in [0.05, 0.1) is 16.6 Å². The number of halogens is 3. The molecule has 3 aliphatic heterocycles. The fraction of sp³-hybridized carbons (Fsp3) is 0.485. The first-order valence-corrected chi connectivity index (χ1v) is 15.7. The summed E-state index contributed by atoms with van der Waals surface area (Å²) in [7, 11) is 2.15. The third-order valence-corrected chi connectivity index (χ3v) is 11.0. The lowest BCUT2D eigenvalue weighted by molar-refractivity contribution is -0.126. The van der Waals surface area contributed by atoms with Gasteiger partial charge in [0.1, 0.15) is 12.4 Å². The van der Waals surface area contributed by atoms with Crippen LogP contribution < -0.4 is 15.3 Å². The Morgan fingerprint density at radius 3 is 2.48 bits per heavy atom. The Morgan fingerprint density at radius 1 is 1.14 bits per heavy atom. The summed E-state index contributed by atoms with van der Waals surface area (Å²) >= 11 is 6.96.